The van der Waals surface area contributed by atoms with E-state index in [9.17, 15) is 8.42 Å². The van der Waals surface area contributed by atoms with Gasteiger partial charge in [-0.25, -0.2) is 8.42 Å². The number of aryl methyl sites for hydroxylation is 1. The van der Waals surface area contributed by atoms with Crippen molar-refractivity contribution in [2.24, 2.45) is 0 Å². The van der Waals surface area contributed by atoms with Gasteiger partial charge in [-0.2, -0.15) is 0 Å². The summed E-state index contributed by atoms with van der Waals surface area (Å²) in [5.74, 6) is 0. The van der Waals surface area contributed by atoms with Crippen LogP contribution in [0.25, 0.3) is 5.57 Å². The largest absolute Gasteiger partial charge is 0.304 e. The lowest BCUT2D eigenvalue weighted by atomic mass is 10.0. The first kappa shape index (κ1) is 13.8. The van der Waals surface area contributed by atoms with Gasteiger partial charge in [-0.15, -0.1) is 0 Å². The molecule has 1 saturated heterocycles. The molecule has 0 bridgehead atoms. The maximum atomic E-state index is 12.2. The monoisotopic (exact) mass is 292 g/mol. The molecule has 108 valence electrons. The zero-order chi connectivity index (χ0) is 14.3. The molecule has 2 heterocycles. The van der Waals surface area contributed by atoms with E-state index >= 15 is 0 Å². The van der Waals surface area contributed by atoms with Gasteiger partial charge in [0, 0.05) is 38.1 Å². The molecule has 0 aromatic heterocycles. The maximum Gasteiger partial charge on any atom is 0.200 e. The molecular formula is C15H20N2O2S. The Morgan fingerprint density at radius 1 is 1.15 bits per heavy atom. The van der Waals surface area contributed by atoms with Crippen molar-refractivity contribution < 1.29 is 8.42 Å². The summed E-state index contributed by atoms with van der Waals surface area (Å²) >= 11 is 0. The van der Waals surface area contributed by atoms with Crippen LogP contribution in [0.5, 0.6) is 0 Å². The summed E-state index contributed by atoms with van der Waals surface area (Å²) in [7, 11) is -1.11. The number of hydrogen-bond acceptors (Lipinski definition) is 4. The standard InChI is InChI=1S/C15H20N2O2S/c1-12-3-4-15-14(9-12)13(11-20(15,18)19)10-17-7-5-16(2)6-8-17/h3-4,9,11H,5-8,10H2,1-2H3. The minimum atomic E-state index is -3.23. The number of piperazine rings is 1. The van der Waals surface area contributed by atoms with Gasteiger partial charge in [-0.3, -0.25) is 4.90 Å². The molecule has 1 fully saturated rings. The minimum Gasteiger partial charge on any atom is -0.304 e. The van der Waals surface area contributed by atoms with Crippen molar-refractivity contribution in [3.8, 4) is 0 Å². The van der Waals surface area contributed by atoms with Crippen molar-refractivity contribution in [1.29, 1.82) is 0 Å². The highest BCUT2D eigenvalue weighted by molar-refractivity contribution is 7.95. The molecule has 5 heteroatoms. The summed E-state index contributed by atoms with van der Waals surface area (Å²) in [6.07, 6.45) is 0. The van der Waals surface area contributed by atoms with Gasteiger partial charge < -0.3 is 4.90 Å². The summed E-state index contributed by atoms with van der Waals surface area (Å²) in [5.41, 5.74) is 2.93. The average Bonchev–Trinajstić information content (AvgIpc) is 2.63. The van der Waals surface area contributed by atoms with Gasteiger partial charge in [0.2, 0.25) is 9.84 Å². The van der Waals surface area contributed by atoms with Crippen LogP contribution in [0.1, 0.15) is 11.1 Å². The van der Waals surface area contributed by atoms with Gasteiger partial charge >= 0.3 is 0 Å². The smallest absolute Gasteiger partial charge is 0.200 e. The van der Waals surface area contributed by atoms with Crippen LogP contribution in [0.3, 0.4) is 0 Å². The Morgan fingerprint density at radius 3 is 2.55 bits per heavy atom. The summed E-state index contributed by atoms with van der Waals surface area (Å²) in [4.78, 5) is 5.10. The molecule has 1 aromatic rings. The van der Waals surface area contributed by atoms with Gasteiger partial charge in [0.1, 0.15) is 0 Å². The van der Waals surface area contributed by atoms with E-state index in [0.29, 0.717) is 4.90 Å². The van der Waals surface area contributed by atoms with Crippen molar-refractivity contribution in [2.75, 3.05) is 39.8 Å². The van der Waals surface area contributed by atoms with Gasteiger partial charge in [0.05, 0.1) is 4.90 Å². The second kappa shape index (κ2) is 4.98. The van der Waals surface area contributed by atoms with E-state index in [-0.39, 0.29) is 0 Å². The average molecular weight is 292 g/mol. The van der Waals surface area contributed by atoms with E-state index in [0.717, 1.165) is 49.4 Å². The maximum absolute atomic E-state index is 12.2. The normalized spacial score (nSPS) is 22.6. The molecule has 0 N–H and O–H groups in total. The Bertz CT molecular complexity index is 656. The Labute approximate surface area is 120 Å². The fourth-order valence-electron chi connectivity index (χ4n) is 2.83. The number of benzene rings is 1. The zero-order valence-corrected chi connectivity index (χ0v) is 12.8. The molecule has 1 aromatic carbocycles. The minimum absolute atomic E-state index is 0.465. The van der Waals surface area contributed by atoms with E-state index in [4.69, 9.17) is 0 Å². The molecule has 20 heavy (non-hydrogen) atoms. The molecule has 0 aliphatic carbocycles. The highest BCUT2D eigenvalue weighted by Crippen LogP contribution is 2.34. The fraction of sp³-hybridized carbons (Fsp3) is 0.467. The number of rotatable bonds is 2. The van der Waals surface area contributed by atoms with Crippen molar-refractivity contribution in [3.05, 3.63) is 34.7 Å². The number of hydrogen-bond donors (Lipinski definition) is 0. The highest BCUT2D eigenvalue weighted by atomic mass is 32.2. The predicted octanol–water partition coefficient (Wildman–Crippen LogP) is 1.37. The number of fused-ring (bicyclic) bond motifs is 1. The lowest BCUT2D eigenvalue weighted by Crippen LogP contribution is -2.44. The molecule has 4 nitrogen and oxygen atoms in total. The van der Waals surface area contributed by atoms with Crippen LogP contribution < -0.4 is 0 Å². The van der Waals surface area contributed by atoms with E-state index in [1.54, 1.807) is 6.07 Å². The van der Waals surface area contributed by atoms with Crippen LogP contribution in [-0.2, 0) is 9.84 Å². The molecule has 3 rings (SSSR count). The van der Waals surface area contributed by atoms with Crippen LogP contribution in [0, 0.1) is 6.92 Å². The Morgan fingerprint density at radius 2 is 1.85 bits per heavy atom. The Kier molecular flexibility index (Phi) is 3.44. The number of likely N-dealkylation sites (N-methyl/N-ethyl adjacent to an activating group) is 1. The van der Waals surface area contributed by atoms with Crippen LogP contribution in [0.2, 0.25) is 0 Å². The molecule has 0 spiro atoms. The van der Waals surface area contributed by atoms with Crippen molar-refractivity contribution >= 4 is 15.4 Å². The fourth-order valence-corrected chi connectivity index (χ4v) is 4.28. The van der Waals surface area contributed by atoms with Crippen molar-refractivity contribution in [3.63, 3.8) is 0 Å². The molecule has 0 radical (unpaired) electrons. The zero-order valence-electron chi connectivity index (χ0n) is 12.0. The van der Waals surface area contributed by atoms with E-state index in [1.807, 2.05) is 19.1 Å². The van der Waals surface area contributed by atoms with E-state index < -0.39 is 9.84 Å². The van der Waals surface area contributed by atoms with Crippen LogP contribution in [0.15, 0.2) is 28.5 Å². The second-order valence-electron chi connectivity index (χ2n) is 5.77. The summed E-state index contributed by atoms with van der Waals surface area (Å²) in [6, 6.07) is 5.58. The molecule has 0 unspecified atom stereocenters. The topological polar surface area (TPSA) is 40.6 Å². The first-order chi connectivity index (χ1) is 9.45. The third-order valence-corrected chi connectivity index (χ3v) is 5.64. The lowest BCUT2D eigenvalue weighted by Gasteiger charge is -2.32. The van der Waals surface area contributed by atoms with E-state index in [1.165, 1.54) is 5.41 Å². The third kappa shape index (κ3) is 2.53. The molecule has 2 aliphatic heterocycles. The Hall–Kier alpha value is -1.17. The number of nitrogens with zero attached hydrogens (tertiary/aromatic N) is 2. The quantitative estimate of drug-likeness (QED) is 0.825. The predicted molar refractivity (Wildman–Crippen MR) is 80.3 cm³/mol. The lowest BCUT2D eigenvalue weighted by molar-refractivity contribution is 0.168. The van der Waals surface area contributed by atoms with E-state index in [2.05, 4.69) is 16.8 Å². The Balaban J connectivity index is 1.87. The third-order valence-electron chi connectivity index (χ3n) is 4.07. The molecule has 0 saturated carbocycles. The molecule has 0 atom stereocenters. The van der Waals surface area contributed by atoms with Gasteiger partial charge in [0.25, 0.3) is 0 Å². The van der Waals surface area contributed by atoms with Gasteiger partial charge in [-0.1, -0.05) is 17.7 Å². The highest BCUT2D eigenvalue weighted by Gasteiger charge is 2.28. The van der Waals surface area contributed by atoms with Gasteiger partial charge in [0.15, 0.2) is 0 Å². The first-order valence-electron chi connectivity index (χ1n) is 6.93. The van der Waals surface area contributed by atoms with Gasteiger partial charge in [-0.05, 0) is 31.2 Å². The van der Waals surface area contributed by atoms with Crippen LogP contribution in [0.4, 0.5) is 0 Å². The molecule has 2 aliphatic rings. The SMILES string of the molecule is Cc1ccc2c(c1)C(CN1CCN(C)CC1)=CS2(=O)=O. The molecular weight excluding hydrogens is 272 g/mol. The summed E-state index contributed by atoms with van der Waals surface area (Å²) in [6.45, 7) is 6.80. The first-order valence-corrected chi connectivity index (χ1v) is 8.48. The van der Waals surface area contributed by atoms with Crippen LogP contribution in [-0.4, -0.2) is 58.0 Å². The molecule has 0 amide bonds. The second-order valence-corrected chi connectivity index (χ2v) is 7.53. The summed E-state index contributed by atoms with van der Waals surface area (Å²) < 4.78 is 24.3. The number of sulfone groups is 1. The van der Waals surface area contributed by atoms with Crippen molar-refractivity contribution in [2.45, 2.75) is 11.8 Å². The summed E-state index contributed by atoms with van der Waals surface area (Å²) in [5, 5.41) is 1.45. The van der Waals surface area contributed by atoms with Crippen LogP contribution >= 0.6 is 0 Å². The van der Waals surface area contributed by atoms with Crippen molar-refractivity contribution in [1.82, 2.24) is 9.80 Å².